The summed E-state index contributed by atoms with van der Waals surface area (Å²) >= 11 is 0. The summed E-state index contributed by atoms with van der Waals surface area (Å²) < 4.78 is 4.46. The Kier molecular flexibility index (Phi) is 5.11. The van der Waals surface area contributed by atoms with E-state index in [1.807, 2.05) is 4.68 Å². The van der Waals surface area contributed by atoms with Gasteiger partial charge in [-0.1, -0.05) is 52.9 Å². The van der Waals surface area contributed by atoms with Gasteiger partial charge in [-0.2, -0.15) is 0 Å². The molecule has 1 atom stereocenters. The molecule has 9 heteroatoms. The van der Waals surface area contributed by atoms with E-state index in [4.69, 9.17) is 0 Å². The normalized spacial score (nSPS) is 23.7. The predicted octanol–water partition coefficient (Wildman–Crippen LogP) is 1.86. The monoisotopic (exact) mass is 319 g/mol. The van der Waals surface area contributed by atoms with Crippen LogP contribution in [-0.4, -0.2) is 63.0 Å². The minimum atomic E-state index is -0.140. The number of anilines is 1. The highest BCUT2D eigenvalue weighted by Crippen LogP contribution is 2.41. The maximum atomic E-state index is 4.25. The summed E-state index contributed by atoms with van der Waals surface area (Å²) in [7, 11) is 2.19. The van der Waals surface area contributed by atoms with Crippen molar-refractivity contribution in [2.75, 3.05) is 11.9 Å². The smallest absolute Gasteiger partial charge is 0.333 e. The van der Waals surface area contributed by atoms with E-state index in [0.29, 0.717) is 13.0 Å². The lowest BCUT2D eigenvalue weighted by molar-refractivity contribution is 0.184. The first-order chi connectivity index (χ1) is 10.7. The lowest BCUT2D eigenvalue weighted by Crippen LogP contribution is -2.76. The van der Waals surface area contributed by atoms with E-state index in [-0.39, 0.29) is 18.7 Å². The molecule has 23 heavy (non-hydrogen) atoms. The number of aromatic nitrogens is 4. The van der Waals surface area contributed by atoms with Gasteiger partial charge in [0, 0.05) is 0 Å². The summed E-state index contributed by atoms with van der Waals surface area (Å²) in [5, 5.41) is 12.3. The predicted molar refractivity (Wildman–Crippen MR) is 97.3 cm³/mol. The Hall–Kier alpha value is -1.08. The van der Waals surface area contributed by atoms with Crippen molar-refractivity contribution in [3.05, 3.63) is 0 Å². The zero-order valence-corrected chi connectivity index (χ0v) is 16.1. The van der Waals surface area contributed by atoms with Crippen molar-refractivity contribution >= 4 is 19.9 Å². The number of rotatable bonds is 1. The second-order valence-electron chi connectivity index (χ2n) is 7.50. The molecule has 1 aromatic rings. The summed E-state index contributed by atoms with van der Waals surface area (Å²) in [5.74, 6) is 0.872. The fourth-order valence-electron chi connectivity index (χ4n) is 4.07. The third-order valence-corrected chi connectivity index (χ3v) is 4.96. The number of hydrogen-bond donors (Lipinski definition) is 0. The molecule has 0 saturated carbocycles. The Labute approximate surface area is 141 Å². The molecule has 1 saturated heterocycles. The van der Waals surface area contributed by atoms with Gasteiger partial charge in [-0.05, 0) is 37.4 Å². The van der Waals surface area contributed by atoms with Gasteiger partial charge in [0.2, 0.25) is 5.95 Å². The summed E-state index contributed by atoms with van der Waals surface area (Å²) in [4.78, 5) is 4.76. The van der Waals surface area contributed by atoms with Crippen LogP contribution in [0.5, 0.6) is 0 Å². The Morgan fingerprint density at radius 3 is 2.26 bits per heavy atom. The molecule has 0 aliphatic carbocycles. The molecule has 3 rings (SSSR count). The van der Waals surface area contributed by atoms with Crippen LogP contribution in [0.3, 0.4) is 0 Å². The molecule has 1 fully saturated rings. The van der Waals surface area contributed by atoms with Gasteiger partial charge in [0.15, 0.2) is 0 Å². The third-order valence-electron chi connectivity index (χ3n) is 4.96. The summed E-state index contributed by atoms with van der Waals surface area (Å²) in [5.41, 5.74) is -0.140. The standard InChI is InChI=1S/C11H23B2N7.C3H8/c1-8(2)20-12(5)17(7)9-11(3,4)19-10(14-15-16-19)18(9)13(20)6;1-3-2/h8-9H,1-7H3;3H2,1-2H3. The Morgan fingerprint density at radius 2 is 1.74 bits per heavy atom. The molecule has 0 N–H and O–H groups in total. The number of nitrogens with zero attached hydrogens (tertiary/aromatic N) is 7. The Balaban J connectivity index is 0.000000595. The SMILES string of the molecule is CB1N(C)C2N(B(C)N1C(C)C)c1nnnn1C2(C)C.CCC. The molecule has 128 valence electrons. The molecule has 3 heterocycles. The average Bonchev–Trinajstić information content (AvgIpc) is 2.99. The second-order valence-corrected chi connectivity index (χ2v) is 7.50. The summed E-state index contributed by atoms with van der Waals surface area (Å²) in [6.45, 7) is 18.3. The first-order valence-corrected chi connectivity index (χ1v) is 8.76. The lowest BCUT2D eigenvalue weighted by atomic mass is 9.55. The molecule has 1 aromatic heterocycles. The van der Waals surface area contributed by atoms with Crippen molar-refractivity contribution in [2.24, 2.45) is 0 Å². The van der Waals surface area contributed by atoms with E-state index in [9.17, 15) is 0 Å². The summed E-state index contributed by atoms with van der Waals surface area (Å²) in [6.07, 6.45) is 1.50. The van der Waals surface area contributed by atoms with Crippen LogP contribution in [0.2, 0.25) is 13.6 Å². The second kappa shape index (κ2) is 6.43. The largest absolute Gasteiger partial charge is 0.353 e. The van der Waals surface area contributed by atoms with Crippen LogP contribution in [0.15, 0.2) is 0 Å². The molecule has 0 radical (unpaired) electrons. The highest BCUT2D eigenvalue weighted by molar-refractivity contribution is 6.74. The fraction of sp³-hybridized carbons (Fsp3) is 0.929. The van der Waals surface area contributed by atoms with E-state index >= 15 is 0 Å². The van der Waals surface area contributed by atoms with E-state index in [1.165, 1.54) is 6.42 Å². The van der Waals surface area contributed by atoms with Crippen molar-refractivity contribution in [1.82, 2.24) is 29.7 Å². The number of fused-ring (bicyclic) bond motifs is 3. The Bertz CT molecular complexity index is 533. The van der Waals surface area contributed by atoms with Gasteiger partial charge >= 0.3 is 6.98 Å². The molecular formula is C14H31B2N7. The zero-order chi connectivity index (χ0) is 17.5. The van der Waals surface area contributed by atoms with Crippen molar-refractivity contribution in [3.8, 4) is 0 Å². The van der Waals surface area contributed by atoms with Crippen LogP contribution in [0.25, 0.3) is 0 Å². The van der Waals surface area contributed by atoms with Gasteiger partial charge in [0.1, 0.15) is 0 Å². The van der Waals surface area contributed by atoms with Gasteiger partial charge in [0.25, 0.3) is 6.98 Å². The third kappa shape index (κ3) is 2.67. The van der Waals surface area contributed by atoms with Crippen LogP contribution >= 0.6 is 0 Å². The highest BCUT2D eigenvalue weighted by Gasteiger charge is 2.58. The first-order valence-electron chi connectivity index (χ1n) is 8.76. The van der Waals surface area contributed by atoms with Crippen molar-refractivity contribution in [3.63, 3.8) is 0 Å². The maximum absolute atomic E-state index is 4.25. The van der Waals surface area contributed by atoms with Gasteiger partial charge in [0.05, 0.1) is 11.7 Å². The molecule has 0 bridgehead atoms. The van der Waals surface area contributed by atoms with E-state index in [2.05, 4.69) is 92.1 Å². The van der Waals surface area contributed by atoms with Crippen LogP contribution in [0.1, 0.15) is 48.0 Å². The number of likely N-dealkylation sites (N-methyl/N-ethyl adjacent to an activating group) is 1. The molecule has 7 nitrogen and oxygen atoms in total. The van der Waals surface area contributed by atoms with Crippen LogP contribution in [0, 0.1) is 0 Å². The van der Waals surface area contributed by atoms with Crippen molar-refractivity contribution in [1.29, 1.82) is 0 Å². The van der Waals surface area contributed by atoms with E-state index < -0.39 is 0 Å². The Morgan fingerprint density at radius 1 is 1.17 bits per heavy atom. The van der Waals surface area contributed by atoms with Gasteiger partial charge in [-0.15, -0.1) is 0 Å². The molecule has 2 aliphatic heterocycles. The fourth-order valence-corrected chi connectivity index (χ4v) is 4.07. The highest BCUT2D eigenvalue weighted by atomic mass is 15.7. The quantitative estimate of drug-likeness (QED) is 0.737. The molecular weight excluding hydrogens is 288 g/mol. The molecule has 2 aliphatic rings. The van der Waals surface area contributed by atoms with Crippen molar-refractivity contribution in [2.45, 2.75) is 79.4 Å². The van der Waals surface area contributed by atoms with Crippen LogP contribution in [0.4, 0.5) is 5.95 Å². The summed E-state index contributed by atoms with van der Waals surface area (Å²) in [6, 6.07) is 0.469. The lowest BCUT2D eigenvalue weighted by Gasteiger charge is -2.54. The van der Waals surface area contributed by atoms with Gasteiger partial charge in [-0.25, -0.2) is 4.68 Å². The first kappa shape index (κ1) is 18.3. The van der Waals surface area contributed by atoms with E-state index in [1.54, 1.807) is 0 Å². The topological polar surface area (TPSA) is 53.3 Å². The molecule has 1 unspecified atom stereocenters. The van der Waals surface area contributed by atoms with Crippen LogP contribution < -0.4 is 4.81 Å². The van der Waals surface area contributed by atoms with Crippen LogP contribution in [-0.2, 0) is 5.54 Å². The van der Waals surface area contributed by atoms with Crippen molar-refractivity contribution < 1.29 is 0 Å². The minimum Gasteiger partial charge on any atom is -0.353 e. The molecule has 0 aromatic carbocycles. The average molecular weight is 319 g/mol. The van der Waals surface area contributed by atoms with Gasteiger partial charge < -0.3 is 14.3 Å². The molecule has 0 spiro atoms. The maximum Gasteiger partial charge on any atom is 0.333 e. The minimum absolute atomic E-state index is 0.140. The number of hydrogen-bond acceptors (Lipinski definition) is 6. The number of tetrazole rings is 1. The van der Waals surface area contributed by atoms with Gasteiger partial charge in [-0.3, -0.25) is 0 Å². The van der Waals surface area contributed by atoms with E-state index in [0.717, 1.165) is 5.95 Å². The zero-order valence-electron chi connectivity index (χ0n) is 16.1. The molecule has 0 amide bonds.